The number of unbranched alkanes of at least 4 members (excludes halogenated alkanes) is 4. The molecule has 2 aromatic rings. The van der Waals surface area contributed by atoms with E-state index in [1.54, 1.807) is 0 Å². The van der Waals surface area contributed by atoms with Gasteiger partial charge in [0.25, 0.3) is 0 Å². The van der Waals surface area contributed by atoms with Crippen LogP contribution in [0, 0.1) is 0 Å². The maximum absolute atomic E-state index is 3.50. The maximum atomic E-state index is 3.50. The largest absolute Gasteiger partial charge is 0.313 e. The van der Waals surface area contributed by atoms with Gasteiger partial charge in [0.1, 0.15) is 0 Å². The fourth-order valence-corrected chi connectivity index (χ4v) is 2.96. The highest BCUT2D eigenvalue weighted by Crippen LogP contribution is 2.27. The van der Waals surface area contributed by atoms with E-state index in [2.05, 4.69) is 61.8 Å². The first-order valence-corrected chi connectivity index (χ1v) is 8.01. The zero-order valence-corrected chi connectivity index (χ0v) is 12.9. The Balaban J connectivity index is 2.05. The lowest BCUT2D eigenvalue weighted by Gasteiger charge is -2.18. The van der Waals surface area contributed by atoms with Crippen molar-refractivity contribution in [3.8, 4) is 0 Å². The van der Waals surface area contributed by atoms with E-state index in [4.69, 9.17) is 0 Å². The minimum atomic E-state index is 0.475. The molecule has 0 aromatic heterocycles. The third-order valence-electron chi connectivity index (χ3n) is 4.14. The highest BCUT2D eigenvalue weighted by Gasteiger charge is 2.11. The molecule has 1 N–H and O–H groups in total. The van der Waals surface area contributed by atoms with Gasteiger partial charge in [-0.1, -0.05) is 81.5 Å². The molecule has 0 saturated heterocycles. The van der Waals surface area contributed by atoms with E-state index in [1.165, 1.54) is 54.9 Å². The fourth-order valence-electron chi connectivity index (χ4n) is 2.96. The van der Waals surface area contributed by atoms with Gasteiger partial charge in [0.05, 0.1) is 0 Å². The molecule has 0 aliphatic carbocycles. The van der Waals surface area contributed by atoms with E-state index >= 15 is 0 Å². The third-order valence-corrected chi connectivity index (χ3v) is 4.14. The molecule has 0 aliphatic rings. The molecule has 0 aliphatic heterocycles. The van der Waals surface area contributed by atoms with Crippen LogP contribution in [0.1, 0.15) is 57.1 Å². The van der Waals surface area contributed by atoms with Crippen molar-refractivity contribution >= 4 is 10.8 Å². The predicted molar refractivity (Wildman–Crippen MR) is 89.1 cm³/mol. The van der Waals surface area contributed by atoms with Crippen molar-refractivity contribution in [2.45, 2.75) is 51.5 Å². The van der Waals surface area contributed by atoms with Gasteiger partial charge < -0.3 is 5.32 Å². The number of fused-ring (bicyclic) bond motifs is 1. The Morgan fingerprint density at radius 2 is 1.65 bits per heavy atom. The molecular formula is C19H27N. The van der Waals surface area contributed by atoms with Gasteiger partial charge in [0.15, 0.2) is 0 Å². The average Bonchev–Trinajstić information content (AvgIpc) is 2.51. The van der Waals surface area contributed by atoms with Gasteiger partial charge in [0, 0.05) is 6.04 Å². The van der Waals surface area contributed by atoms with Crippen molar-refractivity contribution in [3.63, 3.8) is 0 Å². The molecule has 108 valence electrons. The van der Waals surface area contributed by atoms with Crippen LogP contribution in [0.3, 0.4) is 0 Å². The van der Waals surface area contributed by atoms with Crippen LogP contribution in [0.5, 0.6) is 0 Å². The summed E-state index contributed by atoms with van der Waals surface area (Å²) in [5, 5.41) is 6.24. The van der Waals surface area contributed by atoms with Gasteiger partial charge in [-0.2, -0.15) is 0 Å². The van der Waals surface area contributed by atoms with E-state index in [9.17, 15) is 0 Å². The lowest BCUT2D eigenvalue weighted by atomic mass is 9.95. The van der Waals surface area contributed by atoms with Crippen molar-refractivity contribution in [2.24, 2.45) is 0 Å². The molecule has 1 atom stereocenters. The first-order valence-electron chi connectivity index (χ1n) is 8.01. The summed E-state index contributed by atoms with van der Waals surface area (Å²) in [4.78, 5) is 0. The monoisotopic (exact) mass is 269 g/mol. The summed E-state index contributed by atoms with van der Waals surface area (Å²) in [6, 6.07) is 15.8. The van der Waals surface area contributed by atoms with Crippen molar-refractivity contribution in [2.75, 3.05) is 7.05 Å². The number of hydrogen-bond acceptors (Lipinski definition) is 1. The Morgan fingerprint density at radius 3 is 2.45 bits per heavy atom. The zero-order chi connectivity index (χ0) is 14.2. The van der Waals surface area contributed by atoms with Crippen LogP contribution in [0.2, 0.25) is 0 Å². The van der Waals surface area contributed by atoms with Crippen molar-refractivity contribution < 1.29 is 0 Å². The van der Waals surface area contributed by atoms with Gasteiger partial charge in [-0.25, -0.2) is 0 Å². The summed E-state index contributed by atoms with van der Waals surface area (Å²) in [6.45, 7) is 2.27. The predicted octanol–water partition coefficient (Wildman–Crippen LogP) is 5.46. The fraction of sp³-hybridized carbons (Fsp3) is 0.474. The number of hydrogen-bond donors (Lipinski definition) is 1. The molecule has 0 spiro atoms. The normalized spacial score (nSPS) is 12.7. The topological polar surface area (TPSA) is 12.0 Å². The molecule has 2 aromatic carbocycles. The molecule has 0 fully saturated rings. The van der Waals surface area contributed by atoms with E-state index < -0.39 is 0 Å². The lowest BCUT2D eigenvalue weighted by molar-refractivity contribution is 0.503. The summed E-state index contributed by atoms with van der Waals surface area (Å²) in [5.41, 5.74) is 1.45. The minimum absolute atomic E-state index is 0.475. The van der Waals surface area contributed by atoms with Crippen LogP contribution in [-0.4, -0.2) is 7.05 Å². The van der Waals surface area contributed by atoms with Gasteiger partial charge in [-0.3, -0.25) is 0 Å². The van der Waals surface area contributed by atoms with Crippen molar-refractivity contribution in [1.82, 2.24) is 5.32 Å². The molecule has 1 nitrogen and oxygen atoms in total. The molecular weight excluding hydrogens is 242 g/mol. The van der Waals surface area contributed by atoms with Crippen LogP contribution in [0.4, 0.5) is 0 Å². The molecule has 20 heavy (non-hydrogen) atoms. The van der Waals surface area contributed by atoms with Crippen LogP contribution in [0.15, 0.2) is 42.5 Å². The Bertz CT molecular complexity index is 513. The quantitative estimate of drug-likeness (QED) is 0.627. The number of rotatable bonds is 8. The SMILES string of the molecule is CCCCCCCC(NC)c1cccc2ccccc12. The average molecular weight is 269 g/mol. The molecule has 2 rings (SSSR count). The van der Waals surface area contributed by atoms with Gasteiger partial charge in [0.2, 0.25) is 0 Å². The summed E-state index contributed by atoms with van der Waals surface area (Å²) < 4.78 is 0. The standard InChI is InChI=1S/C19H27N/c1-3-4-5-6-7-15-19(20-2)18-14-10-12-16-11-8-9-13-17(16)18/h8-14,19-20H,3-7,15H2,1-2H3. The Hall–Kier alpha value is -1.34. The van der Waals surface area contributed by atoms with Crippen molar-refractivity contribution in [1.29, 1.82) is 0 Å². The van der Waals surface area contributed by atoms with Crippen LogP contribution in [-0.2, 0) is 0 Å². The first kappa shape index (κ1) is 15.1. The summed E-state index contributed by atoms with van der Waals surface area (Å²) in [5.74, 6) is 0. The van der Waals surface area contributed by atoms with Gasteiger partial charge in [-0.15, -0.1) is 0 Å². The third kappa shape index (κ3) is 3.83. The molecule has 0 heterocycles. The van der Waals surface area contributed by atoms with Crippen molar-refractivity contribution in [3.05, 3.63) is 48.0 Å². The molecule has 0 saturated carbocycles. The van der Waals surface area contributed by atoms with Crippen LogP contribution >= 0.6 is 0 Å². The Labute approximate surface area is 123 Å². The molecule has 0 bridgehead atoms. The second-order valence-corrected chi connectivity index (χ2v) is 5.61. The lowest BCUT2D eigenvalue weighted by Crippen LogP contribution is -2.16. The smallest absolute Gasteiger partial charge is 0.0323 e. The van der Waals surface area contributed by atoms with Gasteiger partial charge in [-0.05, 0) is 29.8 Å². The summed E-state index contributed by atoms with van der Waals surface area (Å²) in [6.07, 6.45) is 7.97. The maximum Gasteiger partial charge on any atom is 0.0323 e. The summed E-state index contributed by atoms with van der Waals surface area (Å²) >= 11 is 0. The molecule has 0 radical (unpaired) electrons. The molecule has 1 heteroatoms. The first-order chi connectivity index (χ1) is 9.86. The minimum Gasteiger partial charge on any atom is -0.313 e. The van der Waals surface area contributed by atoms with E-state index in [-0.39, 0.29) is 0 Å². The zero-order valence-electron chi connectivity index (χ0n) is 12.9. The highest BCUT2D eigenvalue weighted by molar-refractivity contribution is 5.86. The highest BCUT2D eigenvalue weighted by atomic mass is 14.9. The molecule has 1 unspecified atom stereocenters. The second-order valence-electron chi connectivity index (χ2n) is 5.61. The van der Waals surface area contributed by atoms with E-state index in [0.717, 1.165) is 0 Å². The molecule has 0 amide bonds. The van der Waals surface area contributed by atoms with Crippen LogP contribution < -0.4 is 5.32 Å². The Morgan fingerprint density at radius 1 is 0.900 bits per heavy atom. The van der Waals surface area contributed by atoms with E-state index in [1.807, 2.05) is 0 Å². The van der Waals surface area contributed by atoms with Gasteiger partial charge >= 0.3 is 0 Å². The number of benzene rings is 2. The number of nitrogens with one attached hydrogen (secondary N) is 1. The van der Waals surface area contributed by atoms with Crippen LogP contribution in [0.25, 0.3) is 10.8 Å². The Kier molecular flexibility index (Phi) is 6.07. The second kappa shape index (κ2) is 8.06. The summed E-state index contributed by atoms with van der Waals surface area (Å²) in [7, 11) is 2.08. The van der Waals surface area contributed by atoms with E-state index in [0.29, 0.717) is 6.04 Å².